The van der Waals surface area contributed by atoms with Crippen molar-refractivity contribution in [3.8, 4) is 0 Å². The highest BCUT2D eigenvalue weighted by Gasteiger charge is 2.51. The lowest BCUT2D eigenvalue weighted by Crippen LogP contribution is -2.44. The van der Waals surface area contributed by atoms with E-state index in [2.05, 4.69) is 4.98 Å². The van der Waals surface area contributed by atoms with Crippen LogP contribution in [-0.4, -0.2) is 45.1 Å². The Balaban J connectivity index is 1.44. The van der Waals surface area contributed by atoms with Crippen LogP contribution in [0, 0.1) is 0 Å². The molecule has 2 aliphatic rings. The number of carbonyl (C=O) groups excluding carboxylic acids is 2. The summed E-state index contributed by atoms with van der Waals surface area (Å²) in [4.78, 5) is 30.6. The number of rotatable bonds is 6. The van der Waals surface area contributed by atoms with Gasteiger partial charge in [0.15, 0.2) is 5.60 Å². The molecule has 1 heterocycles. The normalized spacial score (nSPS) is 22.6. The van der Waals surface area contributed by atoms with Gasteiger partial charge >= 0.3 is 6.18 Å². The average molecular weight is 476 g/mol. The van der Waals surface area contributed by atoms with Crippen molar-refractivity contribution in [1.29, 1.82) is 0 Å². The van der Waals surface area contributed by atoms with Crippen LogP contribution in [0.5, 0.6) is 0 Å². The Hall–Kier alpha value is -2.94. The summed E-state index contributed by atoms with van der Waals surface area (Å²) in [6, 6.07) is 8.80. The van der Waals surface area contributed by atoms with Gasteiger partial charge in [0.1, 0.15) is 5.69 Å². The number of nitrogens with zero attached hydrogens (tertiary/aromatic N) is 2. The highest BCUT2D eigenvalue weighted by molar-refractivity contribution is 5.95. The molecule has 0 unspecified atom stereocenters. The minimum absolute atomic E-state index is 0.0621. The Morgan fingerprint density at radius 2 is 1.53 bits per heavy atom. The van der Waals surface area contributed by atoms with E-state index in [-0.39, 0.29) is 35.2 Å². The molecule has 2 saturated carbocycles. The average Bonchev–Trinajstić information content (AvgIpc) is 3.64. The predicted molar refractivity (Wildman–Crippen MR) is 119 cm³/mol. The number of alkyl halides is 3. The van der Waals surface area contributed by atoms with Crippen molar-refractivity contribution < 1.29 is 27.9 Å². The Morgan fingerprint density at radius 1 is 0.971 bits per heavy atom. The van der Waals surface area contributed by atoms with Gasteiger partial charge in [-0.15, -0.1) is 0 Å². The summed E-state index contributed by atoms with van der Waals surface area (Å²) in [6.45, 7) is 0.704. The number of amides is 2. The van der Waals surface area contributed by atoms with Gasteiger partial charge in [-0.25, -0.2) is 0 Å². The van der Waals surface area contributed by atoms with Crippen LogP contribution in [0.2, 0.25) is 0 Å². The van der Waals surface area contributed by atoms with Crippen molar-refractivity contribution in [3.63, 3.8) is 0 Å². The maximum atomic E-state index is 13.3. The van der Waals surface area contributed by atoms with Crippen molar-refractivity contribution in [2.24, 2.45) is 5.73 Å². The van der Waals surface area contributed by atoms with E-state index in [0.717, 1.165) is 44.1 Å². The first-order chi connectivity index (χ1) is 16.0. The van der Waals surface area contributed by atoms with Gasteiger partial charge in [0.25, 0.3) is 11.8 Å². The van der Waals surface area contributed by atoms with Crippen LogP contribution in [0.3, 0.4) is 0 Å². The minimum atomic E-state index is -4.81. The van der Waals surface area contributed by atoms with Crippen molar-refractivity contribution >= 4 is 11.8 Å². The molecule has 1 atom stereocenters. The molecular formula is C25H28F3N3O3. The van der Waals surface area contributed by atoms with Crippen molar-refractivity contribution in [2.75, 3.05) is 0 Å². The van der Waals surface area contributed by atoms with Gasteiger partial charge in [-0.1, -0.05) is 18.2 Å². The lowest BCUT2D eigenvalue weighted by atomic mass is 9.81. The van der Waals surface area contributed by atoms with Crippen LogP contribution in [0.25, 0.3) is 0 Å². The number of aromatic nitrogens is 1. The van der Waals surface area contributed by atoms with Crippen molar-refractivity contribution in [3.05, 3.63) is 65.0 Å². The van der Waals surface area contributed by atoms with Gasteiger partial charge < -0.3 is 15.7 Å². The molecule has 0 aliphatic heterocycles. The number of nitrogens with two attached hydrogens (primary N) is 1. The Kier molecular flexibility index (Phi) is 6.42. The molecule has 9 heteroatoms. The SMILES string of the molecule is C[C@](O)(c1ccc(C(=O)N(C2CC2)[C@H]2CC[C@H](c3ccc(C(N)=O)nc3)CC2)cc1)C(F)(F)F. The van der Waals surface area contributed by atoms with Crippen LogP contribution in [-0.2, 0) is 5.60 Å². The number of pyridine rings is 1. The second-order valence-electron chi connectivity index (χ2n) is 9.44. The van der Waals surface area contributed by atoms with Crippen molar-refractivity contribution in [2.45, 2.75) is 75.2 Å². The highest BCUT2D eigenvalue weighted by Crippen LogP contribution is 2.41. The largest absolute Gasteiger partial charge is 0.421 e. The number of hydrogen-bond donors (Lipinski definition) is 2. The number of primary amides is 1. The fourth-order valence-corrected chi connectivity index (χ4v) is 4.71. The quantitative estimate of drug-likeness (QED) is 0.652. The smallest absolute Gasteiger partial charge is 0.376 e. The fourth-order valence-electron chi connectivity index (χ4n) is 4.71. The number of benzene rings is 1. The molecule has 182 valence electrons. The summed E-state index contributed by atoms with van der Waals surface area (Å²) in [5, 5.41) is 9.88. The van der Waals surface area contributed by atoms with E-state index in [1.54, 1.807) is 12.3 Å². The first-order valence-electron chi connectivity index (χ1n) is 11.5. The summed E-state index contributed by atoms with van der Waals surface area (Å²) < 4.78 is 39.4. The van der Waals surface area contributed by atoms with E-state index in [0.29, 0.717) is 12.5 Å². The zero-order valence-corrected chi connectivity index (χ0v) is 18.9. The Bertz CT molecular complexity index is 1040. The van der Waals surface area contributed by atoms with E-state index in [1.807, 2.05) is 11.0 Å². The molecule has 0 radical (unpaired) electrons. The second-order valence-corrected chi connectivity index (χ2v) is 9.44. The lowest BCUT2D eigenvalue weighted by molar-refractivity contribution is -0.258. The van der Waals surface area contributed by atoms with Crippen LogP contribution >= 0.6 is 0 Å². The van der Waals surface area contributed by atoms with Crippen LogP contribution in [0.1, 0.15) is 83.3 Å². The van der Waals surface area contributed by atoms with Gasteiger partial charge in [-0.05, 0) is 80.7 Å². The maximum Gasteiger partial charge on any atom is 0.421 e. The molecule has 3 N–H and O–H groups in total. The number of hydrogen-bond acceptors (Lipinski definition) is 4. The number of halogens is 3. The van der Waals surface area contributed by atoms with E-state index < -0.39 is 17.7 Å². The monoisotopic (exact) mass is 475 g/mol. The number of aliphatic hydroxyl groups is 1. The number of carbonyl (C=O) groups is 2. The summed E-state index contributed by atoms with van der Waals surface area (Å²) >= 11 is 0. The zero-order valence-electron chi connectivity index (χ0n) is 18.9. The van der Waals surface area contributed by atoms with E-state index in [4.69, 9.17) is 5.73 Å². The molecule has 0 spiro atoms. The lowest BCUT2D eigenvalue weighted by Gasteiger charge is -2.37. The molecule has 0 saturated heterocycles. The molecule has 2 amide bonds. The van der Waals surface area contributed by atoms with Gasteiger partial charge in [-0.3, -0.25) is 14.6 Å². The topological polar surface area (TPSA) is 96.5 Å². The fraction of sp³-hybridized carbons (Fsp3) is 0.480. The third kappa shape index (κ3) is 4.80. The molecule has 1 aromatic heterocycles. The van der Waals surface area contributed by atoms with Gasteiger partial charge in [0, 0.05) is 23.8 Å². The summed E-state index contributed by atoms with van der Waals surface area (Å²) in [6.07, 6.45) is 2.07. The molecule has 6 nitrogen and oxygen atoms in total. The molecule has 34 heavy (non-hydrogen) atoms. The molecule has 2 fully saturated rings. The first-order valence-corrected chi connectivity index (χ1v) is 11.5. The van der Waals surface area contributed by atoms with E-state index in [1.165, 1.54) is 24.3 Å². The standard InChI is InChI=1S/C25H28F3N3O3/c1-24(34,25(26,27)28)18-7-2-16(3-8-18)23(33)31(20-11-12-20)19-9-4-15(5-10-19)17-6-13-21(22(29)32)30-14-17/h2-3,6-8,13-15,19-20,34H,4-5,9-12H2,1H3,(H2,29,32)/t15-,19-,24-/m0/s1. The molecular weight excluding hydrogens is 447 g/mol. The third-order valence-corrected chi connectivity index (χ3v) is 7.02. The van der Waals surface area contributed by atoms with Gasteiger partial charge in [0.2, 0.25) is 0 Å². The van der Waals surface area contributed by atoms with Gasteiger partial charge in [0.05, 0.1) is 0 Å². The molecule has 2 aromatic rings. The van der Waals surface area contributed by atoms with Crippen LogP contribution < -0.4 is 5.73 Å². The third-order valence-electron chi connectivity index (χ3n) is 7.02. The van der Waals surface area contributed by atoms with Crippen LogP contribution in [0.4, 0.5) is 13.2 Å². The first kappa shape index (κ1) is 24.2. The second kappa shape index (κ2) is 9.02. The maximum absolute atomic E-state index is 13.3. The van der Waals surface area contributed by atoms with Gasteiger partial charge in [-0.2, -0.15) is 13.2 Å². The summed E-state index contributed by atoms with van der Waals surface area (Å²) in [7, 11) is 0. The Morgan fingerprint density at radius 3 is 1.97 bits per heavy atom. The minimum Gasteiger partial charge on any atom is -0.376 e. The molecule has 1 aromatic carbocycles. The van der Waals surface area contributed by atoms with E-state index in [9.17, 15) is 27.9 Å². The molecule has 0 bridgehead atoms. The Labute approximate surface area is 196 Å². The molecule has 2 aliphatic carbocycles. The molecule has 4 rings (SSSR count). The van der Waals surface area contributed by atoms with E-state index >= 15 is 0 Å². The summed E-state index contributed by atoms with van der Waals surface area (Å²) in [5.41, 5.74) is 3.56. The predicted octanol–water partition coefficient (Wildman–Crippen LogP) is 4.28. The highest BCUT2D eigenvalue weighted by atomic mass is 19.4. The zero-order chi connectivity index (χ0) is 24.7. The van der Waals surface area contributed by atoms with Crippen LogP contribution in [0.15, 0.2) is 42.6 Å². The summed E-state index contributed by atoms with van der Waals surface area (Å²) in [5.74, 6) is -0.466. The van der Waals surface area contributed by atoms with Crippen molar-refractivity contribution in [1.82, 2.24) is 9.88 Å².